The molecule has 0 radical (unpaired) electrons. The molecule has 0 atom stereocenters. The summed E-state index contributed by atoms with van der Waals surface area (Å²) < 4.78 is 10.4. The molecule has 0 saturated heterocycles. The number of nitrogens with zero attached hydrogens (tertiary/aromatic N) is 1. The van der Waals surface area contributed by atoms with Crippen LogP contribution < -0.4 is 10.6 Å². The van der Waals surface area contributed by atoms with Crippen LogP contribution in [0.5, 0.6) is 0 Å². The van der Waals surface area contributed by atoms with Gasteiger partial charge in [-0.2, -0.15) is 0 Å². The van der Waals surface area contributed by atoms with Gasteiger partial charge in [-0.25, -0.2) is 4.79 Å². The third-order valence-electron chi connectivity index (χ3n) is 6.05. The standard InChI is InChI=1S/C26H27N3O6/c1-26(2,12-11-23(30)31)28-24(32)21-15-35-29-22(21)13-27-25(33)34-14-20-18-9-5-3-7-16(18)17-8-4-6-10-19(17)20/h3-10,15,20H,11-14H2,1-2H3,(H,27,33)(H,28,32)(H,30,31). The molecule has 0 aliphatic heterocycles. The van der Waals surface area contributed by atoms with E-state index in [4.69, 9.17) is 14.4 Å². The summed E-state index contributed by atoms with van der Waals surface area (Å²) in [7, 11) is 0. The number of carbonyl (C=O) groups excluding carboxylic acids is 2. The second-order valence-corrected chi connectivity index (χ2v) is 9.09. The molecule has 0 fully saturated rings. The second-order valence-electron chi connectivity index (χ2n) is 9.09. The van der Waals surface area contributed by atoms with E-state index in [-0.39, 0.29) is 43.2 Å². The number of nitrogens with one attached hydrogen (secondary N) is 2. The normalized spacial score (nSPS) is 12.5. The Balaban J connectivity index is 1.33. The van der Waals surface area contributed by atoms with Crippen molar-refractivity contribution in [2.45, 2.75) is 44.7 Å². The minimum absolute atomic E-state index is 0.0606. The minimum atomic E-state index is -0.940. The van der Waals surface area contributed by atoms with Crippen LogP contribution in [0.2, 0.25) is 0 Å². The molecule has 3 aromatic rings. The molecule has 182 valence electrons. The number of alkyl carbamates (subject to hydrolysis) is 1. The highest BCUT2D eigenvalue weighted by Gasteiger charge is 2.29. The fraction of sp³-hybridized carbons (Fsp3) is 0.308. The van der Waals surface area contributed by atoms with Gasteiger partial charge in [0.1, 0.15) is 24.1 Å². The first-order valence-corrected chi connectivity index (χ1v) is 11.3. The van der Waals surface area contributed by atoms with E-state index < -0.39 is 23.5 Å². The van der Waals surface area contributed by atoms with E-state index in [1.165, 1.54) is 6.26 Å². The van der Waals surface area contributed by atoms with Crippen LogP contribution in [-0.4, -0.2) is 40.4 Å². The number of hydrogen-bond donors (Lipinski definition) is 3. The van der Waals surface area contributed by atoms with E-state index in [1.54, 1.807) is 13.8 Å². The van der Waals surface area contributed by atoms with Crippen LogP contribution in [0.4, 0.5) is 4.79 Å². The summed E-state index contributed by atoms with van der Waals surface area (Å²) in [6.45, 7) is 3.57. The Bertz CT molecular complexity index is 1200. The van der Waals surface area contributed by atoms with Crippen LogP contribution in [0.15, 0.2) is 59.3 Å². The van der Waals surface area contributed by atoms with Crippen molar-refractivity contribution in [2.24, 2.45) is 0 Å². The van der Waals surface area contributed by atoms with E-state index in [0.717, 1.165) is 22.3 Å². The molecule has 2 amide bonds. The van der Waals surface area contributed by atoms with Gasteiger partial charge in [-0.05, 0) is 42.5 Å². The van der Waals surface area contributed by atoms with Crippen molar-refractivity contribution in [3.05, 3.63) is 77.2 Å². The zero-order valence-electron chi connectivity index (χ0n) is 19.5. The summed E-state index contributed by atoms with van der Waals surface area (Å²) in [6, 6.07) is 16.1. The largest absolute Gasteiger partial charge is 0.481 e. The Labute approximate surface area is 202 Å². The molecule has 1 aliphatic rings. The van der Waals surface area contributed by atoms with Gasteiger partial charge in [-0.1, -0.05) is 53.7 Å². The van der Waals surface area contributed by atoms with Crippen molar-refractivity contribution in [1.82, 2.24) is 15.8 Å². The first-order chi connectivity index (χ1) is 16.7. The molecule has 3 N–H and O–H groups in total. The van der Waals surface area contributed by atoms with E-state index in [9.17, 15) is 14.4 Å². The summed E-state index contributed by atoms with van der Waals surface area (Å²) in [5, 5.41) is 18.1. The van der Waals surface area contributed by atoms with E-state index in [1.807, 2.05) is 36.4 Å². The number of aliphatic carboxylic acids is 1. The highest BCUT2D eigenvalue weighted by Crippen LogP contribution is 2.44. The molecule has 1 heterocycles. The van der Waals surface area contributed by atoms with Gasteiger partial charge in [-0.3, -0.25) is 9.59 Å². The number of carbonyl (C=O) groups is 3. The van der Waals surface area contributed by atoms with Crippen molar-refractivity contribution < 1.29 is 28.8 Å². The van der Waals surface area contributed by atoms with E-state index >= 15 is 0 Å². The third kappa shape index (κ3) is 5.51. The first-order valence-electron chi connectivity index (χ1n) is 11.3. The van der Waals surface area contributed by atoms with Crippen LogP contribution in [-0.2, 0) is 16.1 Å². The zero-order chi connectivity index (χ0) is 25.0. The van der Waals surface area contributed by atoms with Crippen molar-refractivity contribution in [2.75, 3.05) is 6.61 Å². The van der Waals surface area contributed by atoms with Gasteiger partial charge in [0, 0.05) is 17.9 Å². The average Bonchev–Trinajstić information content (AvgIpc) is 3.43. The van der Waals surface area contributed by atoms with Gasteiger partial charge in [-0.15, -0.1) is 0 Å². The predicted molar refractivity (Wildman–Crippen MR) is 127 cm³/mol. The minimum Gasteiger partial charge on any atom is -0.481 e. The number of carboxylic acids is 1. The Morgan fingerprint density at radius 2 is 1.69 bits per heavy atom. The molecule has 0 bridgehead atoms. The van der Waals surface area contributed by atoms with Gasteiger partial charge in [0.15, 0.2) is 0 Å². The number of rotatable bonds is 9. The van der Waals surface area contributed by atoms with Crippen molar-refractivity contribution in [3.8, 4) is 11.1 Å². The van der Waals surface area contributed by atoms with E-state index in [0.29, 0.717) is 0 Å². The Morgan fingerprint density at radius 3 is 2.31 bits per heavy atom. The number of amides is 2. The number of ether oxygens (including phenoxy) is 1. The maximum atomic E-state index is 12.7. The lowest BCUT2D eigenvalue weighted by molar-refractivity contribution is -0.137. The molecule has 1 aliphatic carbocycles. The van der Waals surface area contributed by atoms with Gasteiger partial charge in [0.25, 0.3) is 5.91 Å². The van der Waals surface area contributed by atoms with Crippen LogP contribution in [0.1, 0.15) is 59.8 Å². The molecule has 4 rings (SSSR count). The van der Waals surface area contributed by atoms with Crippen LogP contribution >= 0.6 is 0 Å². The molecule has 9 heteroatoms. The maximum Gasteiger partial charge on any atom is 0.407 e. The monoisotopic (exact) mass is 477 g/mol. The molecule has 0 spiro atoms. The van der Waals surface area contributed by atoms with Crippen molar-refractivity contribution in [3.63, 3.8) is 0 Å². The van der Waals surface area contributed by atoms with Crippen LogP contribution in [0.3, 0.4) is 0 Å². The van der Waals surface area contributed by atoms with Crippen LogP contribution in [0.25, 0.3) is 11.1 Å². The number of hydrogen-bond acceptors (Lipinski definition) is 6. The van der Waals surface area contributed by atoms with E-state index in [2.05, 4.69) is 27.9 Å². The quantitative estimate of drug-likeness (QED) is 0.423. The summed E-state index contributed by atoms with van der Waals surface area (Å²) >= 11 is 0. The number of fused-ring (bicyclic) bond motifs is 3. The maximum absolute atomic E-state index is 12.7. The lowest BCUT2D eigenvalue weighted by Gasteiger charge is -2.25. The molecule has 1 aromatic heterocycles. The van der Waals surface area contributed by atoms with Crippen molar-refractivity contribution >= 4 is 18.0 Å². The summed E-state index contributed by atoms with van der Waals surface area (Å²) in [5.74, 6) is -1.47. The highest BCUT2D eigenvalue weighted by atomic mass is 16.5. The topological polar surface area (TPSA) is 131 Å². The summed E-state index contributed by atoms with van der Waals surface area (Å²) in [6.07, 6.45) is 0.736. The molecule has 35 heavy (non-hydrogen) atoms. The van der Waals surface area contributed by atoms with Crippen LogP contribution in [0, 0.1) is 0 Å². The molecular formula is C26H27N3O6. The summed E-state index contributed by atoms with van der Waals surface area (Å²) in [4.78, 5) is 35.9. The third-order valence-corrected chi connectivity index (χ3v) is 6.05. The molecule has 2 aromatic carbocycles. The lowest BCUT2D eigenvalue weighted by Crippen LogP contribution is -2.44. The number of aromatic nitrogens is 1. The first kappa shape index (κ1) is 24.0. The Hall–Kier alpha value is -4.14. The smallest absolute Gasteiger partial charge is 0.407 e. The van der Waals surface area contributed by atoms with Gasteiger partial charge in [0.05, 0.1) is 6.54 Å². The zero-order valence-corrected chi connectivity index (χ0v) is 19.5. The van der Waals surface area contributed by atoms with Gasteiger partial charge >= 0.3 is 12.1 Å². The van der Waals surface area contributed by atoms with Gasteiger partial charge < -0.3 is 25.0 Å². The predicted octanol–water partition coefficient (Wildman–Crippen LogP) is 4.09. The Kier molecular flexibility index (Phi) is 6.86. The van der Waals surface area contributed by atoms with Gasteiger partial charge in [0.2, 0.25) is 0 Å². The fourth-order valence-electron chi connectivity index (χ4n) is 4.23. The number of benzene rings is 2. The lowest BCUT2D eigenvalue weighted by atomic mass is 9.98. The number of carboxylic acid groups (broad SMARTS) is 1. The average molecular weight is 478 g/mol. The molecule has 0 saturated carbocycles. The summed E-state index contributed by atoms with van der Waals surface area (Å²) in [5.41, 5.74) is 4.16. The Morgan fingerprint density at radius 1 is 1.06 bits per heavy atom. The SMILES string of the molecule is CC(C)(CCC(=O)O)NC(=O)c1conc1CNC(=O)OCC1c2ccccc2-c2ccccc21. The highest BCUT2D eigenvalue weighted by molar-refractivity contribution is 5.95. The molecular weight excluding hydrogens is 450 g/mol. The molecule has 0 unspecified atom stereocenters. The second kappa shape index (κ2) is 10.0. The fourth-order valence-corrected chi connectivity index (χ4v) is 4.23. The molecule has 9 nitrogen and oxygen atoms in total. The van der Waals surface area contributed by atoms with Crippen molar-refractivity contribution in [1.29, 1.82) is 0 Å².